The van der Waals surface area contributed by atoms with Gasteiger partial charge in [0, 0.05) is 12.2 Å². The molecule has 1 aromatic carbocycles. The molecule has 0 radical (unpaired) electrons. The van der Waals surface area contributed by atoms with Gasteiger partial charge in [0.15, 0.2) is 0 Å². The van der Waals surface area contributed by atoms with Gasteiger partial charge in [-0.1, -0.05) is 31.2 Å². The van der Waals surface area contributed by atoms with Gasteiger partial charge in [0.2, 0.25) is 0 Å². The van der Waals surface area contributed by atoms with Crippen molar-refractivity contribution in [3.8, 4) is 0 Å². The molecule has 5 nitrogen and oxygen atoms in total. The van der Waals surface area contributed by atoms with Gasteiger partial charge in [0.25, 0.3) is 0 Å². The van der Waals surface area contributed by atoms with E-state index in [1.54, 1.807) is 12.3 Å². The van der Waals surface area contributed by atoms with Crippen molar-refractivity contribution < 1.29 is 4.92 Å². The van der Waals surface area contributed by atoms with Crippen LogP contribution < -0.4 is 5.32 Å². The van der Waals surface area contributed by atoms with Crippen molar-refractivity contribution in [3.05, 3.63) is 64.0 Å². The normalized spacial score (nSPS) is 11.9. The second-order valence-electron chi connectivity index (χ2n) is 4.61. The van der Waals surface area contributed by atoms with Crippen LogP contribution in [0.5, 0.6) is 0 Å². The molecular formula is C15H17N3O2. The summed E-state index contributed by atoms with van der Waals surface area (Å²) in [6, 6.07) is 9.85. The van der Waals surface area contributed by atoms with Crippen molar-refractivity contribution in [3.63, 3.8) is 0 Å². The van der Waals surface area contributed by atoms with Crippen molar-refractivity contribution in [1.82, 2.24) is 4.98 Å². The molecule has 1 N–H and O–H groups in total. The van der Waals surface area contributed by atoms with E-state index in [1.165, 1.54) is 11.8 Å². The Bertz CT molecular complexity index is 596. The van der Waals surface area contributed by atoms with Gasteiger partial charge in [0.1, 0.15) is 11.9 Å². The van der Waals surface area contributed by atoms with Crippen LogP contribution in [-0.4, -0.2) is 9.91 Å². The van der Waals surface area contributed by atoms with Crippen LogP contribution in [0.3, 0.4) is 0 Å². The second-order valence-corrected chi connectivity index (χ2v) is 4.61. The van der Waals surface area contributed by atoms with E-state index >= 15 is 0 Å². The molecule has 20 heavy (non-hydrogen) atoms. The average Bonchev–Trinajstić information content (AvgIpc) is 2.47. The van der Waals surface area contributed by atoms with Crippen LogP contribution >= 0.6 is 0 Å². The largest absolute Gasteiger partial charge is 0.373 e. The summed E-state index contributed by atoms with van der Waals surface area (Å²) in [6.07, 6.45) is 3.80. The fourth-order valence-electron chi connectivity index (χ4n) is 2.01. The lowest BCUT2D eigenvalue weighted by molar-refractivity contribution is -0.384. The number of hydrogen-bond acceptors (Lipinski definition) is 4. The maximum Gasteiger partial charge on any atom is 0.310 e. The highest BCUT2D eigenvalue weighted by Crippen LogP contribution is 2.26. The van der Waals surface area contributed by atoms with Crippen molar-refractivity contribution >= 4 is 11.4 Å². The van der Waals surface area contributed by atoms with Gasteiger partial charge in [0.05, 0.1) is 4.92 Å². The molecule has 5 heteroatoms. The van der Waals surface area contributed by atoms with E-state index in [0.717, 1.165) is 12.0 Å². The Morgan fingerprint density at radius 2 is 2.00 bits per heavy atom. The molecule has 0 spiro atoms. The molecule has 0 aliphatic heterocycles. The molecular weight excluding hydrogens is 254 g/mol. The second kappa shape index (κ2) is 6.14. The van der Waals surface area contributed by atoms with Crippen molar-refractivity contribution in [2.24, 2.45) is 0 Å². The molecule has 2 rings (SSSR count). The molecule has 1 atom stereocenters. The average molecular weight is 271 g/mol. The van der Waals surface area contributed by atoms with E-state index in [-0.39, 0.29) is 11.7 Å². The number of benzene rings is 1. The highest BCUT2D eigenvalue weighted by atomic mass is 16.6. The highest BCUT2D eigenvalue weighted by Gasteiger charge is 2.15. The van der Waals surface area contributed by atoms with E-state index < -0.39 is 4.92 Å². The van der Waals surface area contributed by atoms with Crippen LogP contribution in [0.25, 0.3) is 0 Å². The van der Waals surface area contributed by atoms with Crippen LogP contribution in [0, 0.1) is 10.1 Å². The van der Waals surface area contributed by atoms with Gasteiger partial charge in [-0.05, 0) is 30.5 Å². The van der Waals surface area contributed by atoms with Crippen LogP contribution in [0.15, 0.2) is 42.7 Å². The fraction of sp³-hybridized carbons (Fsp3) is 0.267. The Morgan fingerprint density at radius 3 is 2.60 bits per heavy atom. The number of nitro groups is 1. The minimum absolute atomic E-state index is 0.00970. The van der Waals surface area contributed by atoms with E-state index in [0.29, 0.717) is 5.69 Å². The summed E-state index contributed by atoms with van der Waals surface area (Å²) in [4.78, 5) is 14.3. The van der Waals surface area contributed by atoms with E-state index in [9.17, 15) is 10.1 Å². The quantitative estimate of drug-likeness (QED) is 0.664. The number of hydrogen-bond donors (Lipinski definition) is 1. The number of pyridine rings is 1. The lowest BCUT2D eigenvalue weighted by Gasteiger charge is -2.15. The van der Waals surface area contributed by atoms with Gasteiger partial charge in [-0.15, -0.1) is 0 Å². The first-order valence-electron chi connectivity index (χ1n) is 6.55. The number of nitrogens with zero attached hydrogens (tertiary/aromatic N) is 2. The van der Waals surface area contributed by atoms with Crippen molar-refractivity contribution in [2.75, 3.05) is 5.32 Å². The topological polar surface area (TPSA) is 68.1 Å². The summed E-state index contributed by atoms with van der Waals surface area (Å²) in [5.74, 6) is 0. The molecule has 1 aromatic heterocycles. The van der Waals surface area contributed by atoms with Crippen LogP contribution in [0.4, 0.5) is 11.4 Å². The van der Waals surface area contributed by atoms with Crippen molar-refractivity contribution in [2.45, 2.75) is 26.3 Å². The molecule has 0 fully saturated rings. The van der Waals surface area contributed by atoms with Gasteiger partial charge in [-0.2, -0.15) is 0 Å². The Kier molecular flexibility index (Phi) is 4.30. The maximum atomic E-state index is 10.9. The first-order valence-corrected chi connectivity index (χ1v) is 6.55. The van der Waals surface area contributed by atoms with Gasteiger partial charge in [-0.3, -0.25) is 15.1 Å². The van der Waals surface area contributed by atoms with Gasteiger partial charge in [-0.25, -0.2) is 0 Å². The summed E-state index contributed by atoms with van der Waals surface area (Å²) in [7, 11) is 0. The predicted octanol–water partition coefficient (Wildman–Crippen LogP) is 3.73. The lowest BCUT2D eigenvalue weighted by Crippen LogP contribution is -2.08. The van der Waals surface area contributed by atoms with E-state index in [4.69, 9.17) is 0 Å². The monoisotopic (exact) mass is 271 g/mol. The maximum absolute atomic E-state index is 10.9. The minimum Gasteiger partial charge on any atom is -0.373 e. The smallest absolute Gasteiger partial charge is 0.310 e. The predicted molar refractivity (Wildman–Crippen MR) is 78.7 cm³/mol. The number of rotatable bonds is 5. The Labute approximate surface area is 117 Å². The third-order valence-corrected chi connectivity index (χ3v) is 3.26. The van der Waals surface area contributed by atoms with E-state index in [1.807, 2.05) is 19.1 Å². The molecule has 0 aliphatic carbocycles. The molecule has 0 aliphatic rings. The zero-order chi connectivity index (χ0) is 14.5. The molecule has 2 aromatic rings. The summed E-state index contributed by atoms with van der Waals surface area (Å²) >= 11 is 0. The van der Waals surface area contributed by atoms with Gasteiger partial charge < -0.3 is 5.32 Å². The summed E-state index contributed by atoms with van der Waals surface area (Å²) < 4.78 is 0. The molecule has 0 saturated heterocycles. The van der Waals surface area contributed by atoms with Crippen LogP contribution in [0.2, 0.25) is 0 Å². The SMILES string of the molecule is CCc1ccc(C(C)Nc2ccncc2[N+](=O)[O-])cc1. The van der Waals surface area contributed by atoms with Crippen LogP contribution in [0.1, 0.15) is 31.0 Å². The Balaban J connectivity index is 2.18. The standard InChI is InChI=1S/C15H17N3O2/c1-3-12-4-6-13(7-5-12)11(2)17-14-8-9-16-10-15(14)18(19)20/h4-11H,3H2,1-2H3,(H,16,17). The summed E-state index contributed by atoms with van der Waals surface area (Å²) in [6.45, 7) is 4.09. The molecule has 1 heterocycles. The number of aryl methyl sites for hydroxylation is 1. The minimum atomic E-state index is -0.428. The first-order chi connectivity index (χ1) is 9.61. The first kappa shape index (κ1) is 14.0. The zero-order valence-corrected chi connectivity index (χ0v) is 11.5. The lowest BCUT2D eigenvalue weighted by atomic mass is 10.0. The fourth-order valence-corrected chi connectivity index (χ4v) is 2.01. The molecule has 0 amide bonds. The Morgan fingerprint density at radius 1 is 1.30 bits per heavy atom. The zero-order valence-electron chi connectivity index (χ0n) is 11.5. The molecule has 0 bridgehead atoms. The summed E-state index contributed by atoms with van der Waals surface area (Å²) in [5.41, 5.74) is 2.84. The van der Waals surface area contributed by atoms with Crippen LogP contribution in [-0.2, 0) is 6.42 Å². The Hall–Kier alpha value is -2.43. The van der Waals surface area contributed by atoms with E-state index in [2.05, 4.69) is 29.4 Å². The number of anilines is 1. The number of nitrogens with one attached hydrogen (secondary N) is 1. The van der Waals surface area contributed by atoms with Crippen molar-refractivity contribution in [1.29, 1.82) is 0 Å². The third-order valence-electron chi connectivity index (χ3n) is 3.26. The third kappa shape index (κ3) is 3.12. The molecule has 0 saturated carbocycles. The number of aromatic nitrogens is 1. The molecule has 104 valence electrons. The highest BCUT2D eigenvalue weighted by molar-refractivity contribution is 5.60. The summed E-state index contributed by atoms with van der Waals surface area (Å²) in [5, 5.41) is 14.1. The van der Waals surface area contributed by atoms with Gasteiger partial charge >= 0.3 is 5.69 Å². The molecule has 1 unspecified atom stereocenters.